The average molecular weight is 384 g/mol. The Kier molecular flexibility index (Phi) is 5.22. The Bertz CT molecular complexity index is 815. The van der Waals surface area contributed by atoms with Crippen LogP contribution in [0, 0.1) is 13.8 Å². The van der Waals surface area contributed by atoms with E-state index in [-0.39, 0.29) is 12.1 Å². The van der Waals surface area contributed by atoms with E-state index in [1.54, 1.807) is 0 Å². The van der Waals surface area contributed by atoms with Gasteiger partial charge in [-0.25, -0.2) is 9.78 Å². The van der Waals surface area contributed by atoms with Gasteiger partial charge in [-0.2, -0.15) is 0 Å². The van der Waals surface area contributed by atoms with Gasteiger partial charge in [0, 0.05) is 23.9 Å². The first-order valence-corrected chi connectivity index (χ1v) is 10.9. The number of fused-ring (bicyclic) bond motifs is 1. The summed E-state index contributed by atoms with van der Waals surface area (Å²) in [6.45, 7) is 7.93. The van der Waals surface area contributed by atoms with E-state index in [0.717, 1.165) is 32.4 Å². The smallest absolute Gasteiger partial charge is 0.317 e. The number of nitrogens with zero attached hydrogens (tertiary/aromatic N) is 2. The highest BCUT2D eigenvalue weighted by Gasteiger charge is 2.28. The molecule has 4 nitrogen and oxygen atoms in total. The van der Waals surface area contributed by atoms with Crippen molar-refractivity contribution < 1.29 is 4.79 Å². The van der Waals surface area contributed by atoms with Crippen LogP contribution in [0.15, 0.2) is 18.2 Å². The zero-order chi connectivity index (χ0) is 19.0. The Balaban J connectivity index is 1.32. The van der Waals surface area contributed by atoms with Crippen LogP contribution in [0.4, 0.5) is 4.79 Å². The number of amides is 2. The summed E-state index contributed by atoms with van der Waals surface area (Å²) in [5, 5.41) is 4.48. The number of benzene rings is 1. The predicted octanol–water partition coefficient (Wildman–Crippen LogP) is 4.90. The van der Waals surface area contributed by atoms with Gasteiger partial charge in [-0.3, -0.25) is 0 Å². The maximum Gasteiger partial charge on any atom is 0.317 e. The van der Waals surface area contributed by atoms with Crippen molar-refractivity contribution in [1.82, 2.24) is 15.2 Å². The van der Waals surface area contributed by atoms with Crippen LogP contribution >= 0.6 is 11.3 Å². The van der Waals surface area contributed by atoms with Gasteiger partial charge in [-0.15, -0.1) is 11.3 Å². The monoisotopic (exact) mass is 383 g/mol. The molecular formula is C22H29N3OS. The summed E-state index contributed by atoms with van der Waals surface area (Å²) < 4.78 is 0. The average Bonchev–Trinajstić information content (AvgIpc) is 3.26. The molecule has 1 aliphatic heterocycles. The maximum atomic E-state index is 12.7. The number of nitrogens with one attached hydrogen (secondary N) is 1. The molecule has 1 aromatic carbocycles. The summed E-state index contributed by atoms with van der Waals surface area (Å²) in [6.07, 6.45) is 5.69. The number of carbonyl (C=O) groups is 1. The topological polar surface area (TPSA) is 45.2 Å². The van der Waals surface area contributed by atoms with E-state index in [1.807, 2.05) is 16.2 Å². The third-order valence-electron chi connectivity index (χ3n) is 6.11. The Morgan fingerprint density at radius 1 is 1.22 bits per heavy atom. The van der Waals surface area contributed by atoms with Crippen molar-refractivity contribution in [3.8, 4) is 0 Å². The molecular weight excluding hydrogens is 354 g/mol. The lowest BCUT2D eigenvalue weighted by Crippen LogP contribution is -2.44. The number of likely N-dealkylation sites (tertiary alicyclic amines) is 1. The SMILES string of the molecule is Cc1ccc(C(C)NC(=O)N2CCC(c3nc4c(s3)CCC4)CC2)cc1C. The molecule has 1 aliphatic carbocycles. The van der Waals surface area contributed by atoms with Gasteiger partial charge in [0.2, 0.25) is 0 Å². The number of hydrogen-bond acceptors (Lipinski definition) is 3. The molecule has 1 atom stereocenters. The largest absolute Gasteiger partial charge is 0.331 e. The molecule has 2 amide bonds. The van der Waals surface area contributed by atoms with Gasteiger partial charge in [0.05, 0.1) is 16.7 Å². The zero-order valence-corrected chi connectivity index (χ0v) is 17.4. The Morgan fingerprint density at radius 2 is 2.00 bits per heavy atom. The lowest BCUT2D eigenvalue weighted by molar-refractivity contribution is 0.178. The summed E-state index contributed by atoms with van der Waals surface area (Å²) in [4.78, 5) is 21.1. The molecule has 4 rings (SSSR count). The first-order chi connectivity index (χ1) is 13.0. The van der Waals surface area contributed by atoms with Crippen molar-refractivity contribution in [3.63, 3.8) is 0 Å². The molecule has 1 fully saturated rings. The highest BCUT2D eigenvalue weighted by atomic mass is 32.1. The minimum atomic E-state index is 0.0245. The Morgan fingerprint density at radius 3 is 2.70 bits per heavy atom. The van der Waals surface area contributed by atoms with Crippen molar-refractivity contribution >= 4 is 17.4 Å². The molecule has 144 valence electrons. The van der Waals surface area contributed by atoms with Gasteiger partial charge < -0.3 is 10.2 Å². The molecule has 0 saturated carbocycles. The summed E-state index contributed by atoms with van der Waals surface area (Å²) in [7, 11) is 0. The fourth-order valence-electron chi connectivity index (χ4n) is 4.11. The molecule has 1 unspecified atom stereocenters. The third kappa shape index (κ3) is 3.88. The predicted molar refractivity (Wildman–Crippen MR) is 111 cm³/mol. The van der Waals surface area contributed by atoms with Crippen LogP contribution in [0.2, 0.25) is 0 Å². The number of carbonyl (C=O) groups excluding carboxylic acids is 1. The van der Waals surface area contributed by atoms with E-state index in [1.165, 1.54) is 45.1 Å². The molecule has 5 heteroatoms. The van der Waals surface area contributed by atoms with Crippen molar-refractivity contribution in [1.29, 1.82) is 0 Å². The molecule has 0 radical (unpaired) electrons. The van der Waals surface area contributed by atoms with E-state index >= 15 is 0 Å². The van der Waals surface area contributed by atoms with E-state index in [2.05, 4.69) is 44.3 Å². The quantitative estimate of drug-likeness (QED) is 0.819. The maximum absolute atomic E-state index is 12.7. The number of rotatable bonds is 3. The second-order valence-electron chi connectivity index (χ2n) is 8.05. The van der Waals surface area contributed by atoms with Gasteiger partial charge in [0.15, 0.2) is 0 Å². The zero-order valence-electron chi connectivity index (χ0n) is 16.5. The van der Waals surface area contributed by atoms with Crippen LogP contribution in [-0.4, -0.2) is 29.0 Å². The first kappa shape index (κ1) is 18.5. The number of aryl methyl sites for hydroxylation is 4. The van der Waals surface area contributed by atoms with Crippen LogP contribution in [0.25, 0.3) is 0 Å². The fourth-order valence-corrected chi connectivity index (χ4v) is 5.43. The number of aromatic nitrogens is 1. The Labute approximate surface area is 166 Å². The second-order valence-corrected chi connectivity index (χ2v) is 9.17. The van der Waals surface area contributed by atoms with Crippen LogP contribution < -0.4 is 5.32 Å². The number of piperidine rings is 1. The summed E-state index contributed by atoms with van der Waals surface area (Å²) in [6, 6.07) is 6.50. The number of thiazole rings is 1. The van der Waals surface area contributed by atoms with Gasteiger partial charge >= 0.3 is 6.03 Å². The summed E-state index contributed by atoms with van der Waals surface area (Å²) >= 11 is 1.92. The molecule has 1 N–H and O–H groups in total. The summed E-state index contributed by atoms with van der Waals surface area (Å²) in [5.74, 6) is 0.529. The molecule has 1 aromatic heterocycles. The van der Waals surface area contributed by atoms with Crippen LogP contribution in [-0.2, 0) is 12.8 Å². The summed E-state index contributed by atoms with van der Waals surface area (Å²) in [5.41, 5.74) is 5.06. The van der Waals surface area contributed by atoms with Crippen LogP contribution in [0.1, 0.15) is 70.4 Å². The van der Waals surface area contributed by atoms with Crippen LogP contribution in [0.5, 0.6) is 0 Å². The normalized spacial score (nSPS) is 18.4. The lowest BCUT2D eigenvalue weighted by atomic mass is 9.97. The fraction of sp³-hybridized carbons (Fsp3) is 0.545. The highest BCUT2D eigenvalue weighted by molar-refractivity contribution is 7.11. The Hall–Kier alpha value is -1.88. The van der Waals surface area contributed by atoms with Gasteiger partial charge in [-0.1, -0.05) is 18.2 Å². The molecule has 2 heterocycles. The first-order valence-electron chi connectivity index (χ1n) is 10.1. The molecule has 2 aliphatic rings. The van der Waals surface area contributed by atoms with Crippen molar-refractivity contribution in [2.45, 2.75) is 64.8 Å². The van der Waals surface area contributed by atoms with E-state index in [9.17, 15) is 4.79 Å². The van der Waals surface area contributed by atoms with E-state index in [0.29, 0.717) is 5.92 Å². The molecule has 27 heavy (non-hydrogen) atoms. The van der Waals surface area contributed by atoms with Gasteiger partial charge in [0.1, 0.15) is 0 Å². The van der Waals surface area contributed by atoms with Crippen molar-refractivity contribution in [2.24, 2.45) is 0 Å². The molecule has 1 saturated heterocycles. The second kappa shape index (κ2) is 7.63. The minimum Gasteiger partial charge on any atom is -0.331 e. The molecule has 0 bridgehead atoms. The lowest BCUT2D eigenvalue weighted by Gasteiger charge is -2.32. The van der Waals surface area contributed by atoms with Crippen molar-refractivity contribution in [3.05, 3.63) is 50.5 Å². The van der Waals surface area contributed by atoms with Gasteiger partial charge in [0.25, 0.3) is 0 Å². The standard InChI is InChI=1S/C22H29N3OS/c1-14-7-8-18(13-15(14)2)16(3)23-22(26)25-11-9-17(10-12-25)21-24-19-5-4-6-20(19)27-21/h7-8,13,16-17H,4-6,9-12H2,1-3H3,(H,23,26). The highest BCUT2D eigenvalue weighted by Crippen LogP contribution is 2.36. The molecule has 0 spiro atoms. The van der Waals surface area contributed by atoms with Crippen LogP contribution in [0.3, 0.4) is 0 Å². The van der Waals surface area contributed by atoms with Crippen molar-refractivity contribution in [2.75, 3.05) is 13.1 Å². The van der Waals surface area contributed by atoms with E-state index < -0.39 is 0 Å². The number of urea groups is 1. The van der Waals surface area contributed by atoms with Gasteiger partial charge in [-0.05, 0) is 69.6 Å². The third-order valence-corrected chi connectivity index (χ3v) is 7.43. The van der Waals surface area contributed by atoms with E-state index in [4.69, 9.17) is 4.98 Å². The number of hydrogen-bond donors (Lipinski definition) is 1. The molecule has 2 aromatic rings. The minimum absolute atomic E-state index is 0.0245.